The highest BCUT2D eigenvalue weighted by Gasteiger charge is 2.31. The molecule has 2 aromatic rings. The normalized spacial score (nSPS) is 12.5. The van der Waals surface area contributed by atoms with E-state index in [1.54, 1.807) is 7.11 Å². The van der Waals surface area contributed by atoms with Crippen molar-refractivity contribution in [2.75, 3.05) is 13.7 Å². The van der Waals surface area contributed by atoms with Crippen LogP contribution in [0.5, 0.6) is 0 Å². The molecule has 0 saturated heterocycles. The van der Waals surface area contributed by atoms with Gasteiger partial charge in [0.15, 0.2) is 0 Å². The summed E-state index contributed by atoms with van der Waals surface area (Å²) >= 11 is 0. The van der Waals surface area contributed by atoms with Gasteiger partial charge in [-0.05, 0) is 24.6 Å². The van der Waals surface area contributed by atoms with Crippen LogP contribution in [0.1, 0.15) is 37.6 Å². The van der Waals surface area contributed by atoms with Gasteiger partial charge in [0.2, 0.25) is 0 Å². The molecule has 6 heteroatoms. The Labute approximate surface area is 121 Å². The van der Waals surface area contributed by atoms with Gasteiger partial charge in [-0.2, -0.15) is 13.2 Å². The summed E-state index contributed by atoms with van der Waals surface area (Å²) in [6.07, 6.45) is -3.55. The van der Waals surface area contributed by atoms with Crippen molar-refractivity contribution in [3.05, 3.63) is 29.6 Å². The summed E-state index contributed by atoms with van der Waals surface area (Å²) in [6.45, 7) is 5.26. The number of halogens is 3. The second-order valence-corrected chi connectivity index (χ2v) is 5.32. The summed E-state index contributed by atoms with van der Waals surface area (Å²) in [5.41, 5.74) is 0.473. The number of benzene rings is 1. The van der Waals surface area contributed by atoms with Crippen LogP contribution < -0.4 is 0 Å². The molecule has 1 heterocycles. The smallest absolute Gasteiger partial charge is 0.385 e. The van der Waals surface area contributed by atoms with Crippen molar-refractivity contribution in [2.24, 2.45) is 0 Å². The molecule has 0 aliphatic rings. The molecule has 1 aromatic carbocycles. The Balaban J connectivity index is 2.47. The number of nitrogens with zero attached hydrogens (tertiary/aromatic N) is 2. The van der Waals surface area contributed by atoms with E-state index in [9.17, 15) is 13.2 Å². The number of rotatable bonds is 5. The third-order valence-corrected chi connectivity index (χ3v) is 3.35. The molecule has 116 valence electrons. The van der Waals surface area contributed by atoms with Gasteiger partial charge in [-0.15, -0.1) is 0 Å². The number of imidazole rings is 1. The lowest BCUT2D eigenvalue weighted by Crippen LogP contribution is -2.07. The van der Waals surface area contributed by atoms with Gasteiger partial charge in [0.1, 0.15) is 5.82 Å². The average molecular weight is 300 g/mol. The number of aromatic nitrogens is 2. The molecule has 2 rings (SSSR count). The number of hydrogen-bond donors (Lipinski definition) is 0. The van der Waals surface area contributed by atoms with Crippen LogP contribution in [-0.2, 0) is 17.5 Å². The van der Waals surface area contributed by atoms with Gasteiger partial charge in [-0.25, -0.2) is 4.98 Å². The topological polar surface area (TPSA) is 27.1 Å². The van der Waals surface area contributed by atoms with Crippen molar-refractivity contribution in [3.63, 3.8) is 0 Å². The minimum absolute atomic E-state index is 0.147. The molecule has 0 spiro atoms. The van der Waals surface area contributed by atoms with Gasteiger partial charge in [0, 0.05) is 26.2 Å². The lowest BCUT2D eigenvalue weighted by molar-refractivity contribution is -0.137. The van der Waals surface area contributed by atoms with E-state index < -0.39 is 11.7 Å². The van der Waals surface area contributed by atoms with Crippen molar-refractivity contribution >= 4 is 11.0 Å². The molecule has 1 aromatic heterocycles. The van der Waals surface area contributed by atoms with Gasteiger partial charge in [-0.3, -0.25) is 0 Å². The first kappa shape index (κ1) is 15.8. The van der Waals surface area contributed by atoms with Gasteiger partial charge in [0.05, 0.1) is 16.6 Å². The first-order chi connectivity index (χ1) is 9.84. The van der Waals surface area contributed by atoms with Gasteiger partial charge in [-0.1, -0.05) is 13.8 Å². The zero-order chi connectivity index (χ0) is 15.6. The van der Waals surface area contributed by atoms with E-state index in [4.69, 9.17) is 4.74 Å². The maximum atomic E-state index is 12.8. The first-order valence-corrected chi connectivity index (χ1v) is 6.91. The number of methoxy groups -OCH3 is 1. The Morgan fingerprint density at radius 3 is 2.57 bits per heavy atom. The van der Waals surface area contributed by atoms with Crippen molar-refractivity contribution in [1.29, 1.82) is 0 Å². The summed E-state index contributed by atoms with van der Waals surface area (Å²) in [5.74, 6) is 0.953. The SMILES string of the molecule is COCCCn1c(C(C)C)nc2cc(C(F)(F)F)ccc21. The molecular formula is C15H19F3N2O. The second kappa shape index (κ2) is 6.05. The van der Waals surface area contributed by atoms with E-state index in [0.29, 0.717) is 18.7 Å². The molecule has 0 unspecified atom stereocenters. The minimum atomic E-state index is -4.34. The Bertz CT molecular complexity index is 617. The predicted octanol–water partition coefficient (Wildman–Crippen LogP) is 4.22. The van der Waals surface area contributed by atoms with E-state index in [2.05, 4.69) is 4.98 Å². The summed E-state index contributed by atoms with van der Waals surface area (Å²) in [4.78, 5) is 4.39. The third kappa shape index (κ3) is 3.37. The number of ether oxygens (including phenoxy) is 1. The highest BCUT2D eigenvalue weighted by molar-refractivity contribution is 5.77. The fourth-order valence-corrected chi connectivity index (χ4v) is 2.37. The zero-order valence-corrected chi connectivity index (χ0v) is 12.4. The van der Waals surface area contributed by atoms with Crippen LogP contribution in [-0.4, -0.2) is 23.3 Å². The Morgan fingerprint density at radius 2 is 2.00 bits per heavy atom. The van der Waals surface area contributed by atoms with Crippen LogP contribution >= 0.6 is 0 Å². The summed E-state index contributed by atoms with van der Waals surface area (Å²) in [7, 11) is 1.63. The molecule has 0 fully saturated rings. The highest BCUT2D eigenvalue weighted by atomic mass is 19.4. The van der Waals surface area contributed by atoms with E-state index >= 15 is 0 Å². The summed E-state index contributed by atoms with van der Waals surface area (Å²) in [5, 5.41) is 0. The maximum absolute atomic E-state index is 12.8. The van der Waals surface area contributed by atoms with E-state index in [1.807, 2.05) is 18.4 Å². The van der Waals surface area contributed by atoms with Crippen molar-refractivity contribution in [1.82, 2.24) is 9.55 Å². The Kier molecular flexibility index (Phi) is 4.56. The zero-order valence-electron chi connectivity index (χ0n) is 12.4. The van der Waals surface area contributed by atoms with Crippen molar-refractivity contribution in [3.8, 4) is 0 Å². The van der Waals surface area contributed by atoms with Gasteiger partial charge >= 0.3 is 6.18 Å². The lowest BCUT2D eigenvalue weighted by Gasteiger charge is -2.11. The van der Waals surface area contributed by atoms with Crippen LogP contribution in [0.3, 0.4) is 0 Å². The largest absolute Gasteiger partial charge is 0.416 e. The fourth-order valence-electron chi connectivity index (χ4n) is 2.37. The van der Waals surface area contributed by atoms with E-state index in [1.165, 1.54) is 6.07 Å². The molecule has 0 atom stereocenters. The molecule has 0 aliphatic heterocycles. The summed E-state index contributed by atoms with van der Waals surface area (Å²) in [6, 6.07) is 3.73. The average Bonchev–Trinajstić information content (AvgIpc) is 2.76. The first-order valence-electron chi connectivity index (χ1n) is 6.91. The molecule has 0 radical (unpaired) electrons. The summed E-state index contributed by atoms with van der Waals surface area (Å²) < 4.78 is 45.4. The van der Waals surface area contributed by atoms with Crippen molar-refractivity contribution in [2.45, 2.75) is 38.9 Å². The number of alkyl halides is 3. The molecule has 0 N–H and O–H groups in total. The molecule has 0 bridgehead atoms. The molecule has 0 aliphatic carbocycles. The molecule has 0 amide bonds. The highest BCUT2D eigenvalue weighted by Crippen LogP contribution is 2.32. The molecule has 21 heavy (non-hydrogen) atoms. The quantitative estimate of drug-likeness (QED) is 0.773. The Hall–Kier alpha value is -1.56. The van der Waals surface area contributed by atoms with E-state index in [0.717, 1.165) is 29.9 Å². The number of fused-ring (bicyclic) bond motifs is 1. The standard InChI is InChI=1S/C15H19F3N2O/c1-10(2)14-19-12-9-11(15(16,17)18)5-6-13(12)20(14)7-4-8-21-3/h5-6,9-10H,4,7-8H2,1-3H3. The molecule has 0 saturated carbocycles. The number of hydrogen-bond acceptors (Lipinski definition) is 2. The van der Waals surface area contributed by atoms with Crippen molar-refractivity contribution < 1.29 is 17.9 Å². The van der Waals surface area contributed by atoms with Crippen LogP contribution in [0.25, 0.3) is 11.0 Å². The Morgan fingerprint density at radius 1 is 1.29 bits per heavy atom. The van der Waals surface area contributed by atoms with Crippen LogP contribution in [0.15, 0.2) is 18.2 Å². The fraction of sp³-hybridized carbons (Fsp3) is 0.533. The van der Waals surface area contributed by atoms with Crippen LogP contribution in [0.4, 0.5) is 13.2 Å². The molecular weight excluding hydrogens is 281 g/mol. The lowest BCUT2D eigenvalue weighted by atomic mass is 10.2. The maximum Gasteiger partial charge on any atom is 0.416 e. The minimum Gasteiger partial charge on any atom is -0.385 e. The van der Waals surface area contributed by atoms with Gasteiger partial charge in [0.25, 0.3) is 0 Å². The van der Waals surface area contributed by atoms with Crippen LogP contribution in [0, 0.1) is 0 Å². The second-order valence-electron chi connectivity index (χ2n) is 5.32. The monoisotopic (exact) mass is 300 g/mol. The predicted molar refractivity (Wildman–Crippen MR) is 75.3 cm³/mol. The van der Waals surface area contributed by atoms with Gasteiger partial charge < -0.3 is 9.30 Å². The van der Waals surface area contributed by atoms with E-state index in [-0.39, 0.29) is 5.92 Å². The van der Waals surface area contributed by atoms with Crippen LogP contribution in [0.2, 0.25) is 0 Å². The third-order valence-electron chi connectivity index (χ3n) is 3.35. The number of aryl methyl sites for hydroxylation is 1. The molecule has 3 nitrogen and oxygen atoms in total.